The fraction of sp³-hybridized carbons (Fsp3) is 0.429. The van der Waals surface area contributed by atoms with Crippen LogP contribution in [0.5, 0.6) is 0 Å². The third kappa shape index (κ3) is 6.77. The van der Waals surface area contributed by atoms with Crippen LogP contribution in [-0.4, -0.2) is 77.2 Å². The number of benzene rings is 3. The number of carbonyl (C=O) groups is 4. The molecule has 3 aliphatic heterocycles. The van der Waals surface area contributed by atoms with Gasteiger partial charge in [-0.1, -0.05) is 93.1 Å². The highest BCUT2D eigenvalue weighted by atomic mass is 16.6. The van der Waals surface area contributed by atoms with Crippen LogP contribution < -0.4 is 10.2 Å². The first-order valence-electron chi connectivity index (χ1n) is 18.3. The molecule has 0 radical (unpaired) electrons. The van der Waals surface area contributed by atoms with Crippen molar-refractivity contribution in [3.8, 4) is 0 Å². The van der Waals surface area contributed by atoms with Gasteiger partial charge in [-0.05, 0) is 53.6 Å². The zero-order valence-corrected chi connectivity index (χ0v) is 30.0. The lowest BCUT2D eigenvalue weighted by atomic mass is 9.70. The number of likely N-dealkylation sites (tertiary alicyclic amines) is 1. The molecule has 3 aliphatic rings. The minimum atomic E-state index is -1.30. The summed E-state index contributed by atoms with van der Waals surface area (Å²) in [5.41, 5.74) is 0.0313. The molecule has 52 heavy (non-hydrogen) atoms. The van der Waals surface area contributed by atoms with Gasteiger partial charge in [0.1, 0.15) is 17.7 Å². The number of amides is 3. The number of anilines is 1. The summed E-state index contributed by atoms with van der Waals surface area (Å²) < 4.78 is 12.9. The SMILES string of the molecule is C=CCCC(=O)NC[C@H](OC(=O)[C@@H]1[C@H]2C(=O)N([C@@H](CO)[C@@H](C)CC)[C@H](C(=O)N(CC=C)c3ccc4ccccc4c3)[C@]23CC[C@H]1O3)c1ccccc1. The maximum atomic E-state index is 15.1. The van der Waals surface area contributed by atoms with Gasteiger partial charge in [0.2, 0.25) is 11.8 Å². The van der Waals surface area contributed by atoms with Gasteiger partial charge in [0.15, 0.2) is 0 Å². The van der Waals surface area contributed by atoms with E-state index in [1.165, 1.54) is 4.90 Å². The molecule has 3 aromatic carbocycles. The van der Waals surface area contributed by atoms with E-state index in [0.29, 0.717) is 36.9 Å². The highest BCUT2D eigenvalue weighted by Gasteiger charge is 2.76. The van der Waals surface area contributed by atoms with E-state index in [0.717, 1.165) is 10.8 Å². The number of ether oxygens (including phenoxy) is 2. The first-order valence-corrected chi connectivity index (χ1v) is 18.3. The lowest BCUT2D eigenvalue weighted by molar-refractivity contribution is -0.161. The lowest BCUT2D eigenvalue weighted by Crippen LogP contribution is -2.60. The summed E-state index contributed by atoms with van der Waals surface area (Å²) >= 11 is 0. The Bertz CT molecular complexity index is 1810. The first kappa shape index (κ1) is 37.0. The molecule has 274 valence electrons. The Morgan fingerprint density at radius 3 is 2.50 bits per heavy atom. The number of aliphatic hydroxyl groups excluding tert-OH is 1. The van der Waals surface area contributed by atoms with Crippen molar-refractivity contribution in [2.45, 2.75) is 75.8 Å². The Hall–Kier alpha value is -4.80. The van der Waals surface area contributed by atoms with E-state index in [1.807, 2.05) is 86.6 Å². The van der Waals surface area contributed by atoms with Crippen LogP contribution in [-0.2, 0) is 28.7 Å². The average Bonchev–Trinajstić information content (AvgIpc) is 3.82. The average molecular weight is 708 g/mol. The third-order valence-electron chi connectivity index (χ3n) is 11.2. The van der Waals surface area contributed by atoms with Gasteiger partial charge >= 0.3 is 5.97 Å². The van der Waals surface area contributed by atoms with Crippen LogP contribution in [0.15, 0.2) is 98.1 Å². The van der Waals surface area contributed by atoms with E-state index in [1.54, 1.807) is 17.1 Å². The zero-order valence-electron chi connectivity index (χ0n) is 30.0. The second-order valence-electron chi connectivity index (χ2n) is 14.2. The molecule has 3 amide bonds. The Morgan fingerprint density at radius 1 is 1.08 bits per heavy atom. The van der Waals surface area contributed by atoms with Gasteiger partial charge in [-0.3, -0.25) is 19.2 Å². The number of hydrogen-bond acceptors (Lipinski definition) is 7. The summed E-state index contributed by atoms with van der Waals surface area (Å²) in [6.07, 6.45) is 4.14. The molecule has 6 rings (SSSR count). The fourth-order valence-corrected chi connectivity index (χ4v) is 8.40. The molecular weight excluding hydrogens is 658 g/mol. The van der Waals surface area contributed by atoms with Gasteiger partial charge in [-0.25, -0.2) is 0 Å². The van der Waals surface area contributed by atoms with E-state index < -0.39 is 53.6 Å². The number of nitrogens with one attached hydrogen (secondary N) is 1. The van der Waals surface area contributed by atoms with Crippen molar-refractivity contribution in [1.82, 2.24) is 10.2 Å². The summed E-state index contributed by atoms with van der Waals surface area (Å²) in [6.45, 7) is 11.4. The second kappa shape index (κ2) is 15.8. The van der Waals surface area contributed by atoms with E-state index in [-0.39, 0.29) is 43.8 Å². The third-order valence-corrected chi connectivity index (χ3v) is 11.2. The van der Waals surface area contributed by atoms with Crippen molar-refractivity contribution < 1.29 is 33.8 Å². The van der Waals surface area contributed by atoms with Crippen molar-refractivity contribution in [2.24, 2.45) is 17.8 Å². The van der Waals surface area contributed by atoms with Gasteiger partial charge in [0.25, 0.3) is 5.91 Å². The molecule has 0 aromatic heterocycles. The summed E-state index contributed by atoms with van der Waals surface area (Å²) in [6, 6.07) is 21.0. The fourth-order valence-electron chi connectivity index (χ4n) is 8.40. The summed E-state index contributed by atoms with van der Waals surface area (Å²) in [5, 5.41) is 15.6. The molecule has 2 N–H and O–H groups in total. The summed E-state index contributed by atoms with van der Waals surface area (Å²) in [4.78, 5) is 60.0. The molecule has 10 heteroatoms. The minimum absolute atomic E-state index is 0.0455. The van der Waals surface area contributed by atoms with Gasteiger partial charge in [0, 0.05) is 18.7 Å². The van der Waals surface area contributed by atoms with Gasteiger partial charge in [0.05, 0.1) is 37.1 Å². The van der Waals surface area contributed by atoms with Crippen LogP contribution in [0.25, 0.3) is 10.8 Å². The molecule has 1 spiro atoms. The minimum Gasteiger partial charge on any atom is -0.455 e. The zero-order chi connectivity index (χ0) is 37.0. The standard InChI is InChI=1S/C42H49N3O7/c1-5-8-18-35(47)43-25-34(29-15-10-9-11-16-29)51-41(50)36-33-21-22-42(52-33)37(36)39(48)45(32(26-46)27(4)7-3)38(42)40(49)44(23-6-2)31-20-19-28-14-12-13-17-30(28)24-31/h5-6,9-17,19-20,24,27,32-34,36-38,46H,1-2,7-8,18,21-23,25-26H2,3-4H3,(H,43,47)/t27-,32-,33+,34-,36-,37-,38+,42-/m0/s1. The largest absolute Gasteiger partial charge is 0.455 e. The maximum Gasteiger partial charge on any atom is 0.313 e. The van der Waals surface area contributed by atoms with Crippen LogP contribution >= 0.6 is 0 Å². The molecule has 3 heterocycles. The van der Waals surface area contributed by atoms with Gasteiger partial charge in [-0.2, -0.15) is 0 Å². The molecule has 3 fully saturated rings. The number of hydrogen-bond donors (Lipinski definition) is 2. The molecule has 0 aliphatic carbocycles. The van der Waals surface area contributed by atoms with Crippen LogP contribution in [0.1, 0.15) is 57.6 Å². The van der Waals surface area contributed by atoms with Crippen LogP contribution in [0.4, 0.5) is 5.69 Å². The highest BCUT2D eigenvalue weighted by molar-refractivity contribution is 6.05. The van der Waals surface area contributed by atoms with E-state index in [9.17, 15) is 19.5 Å². The number of allylic oxidation sites excluding steroid dienone is 1. The van der Waals surface area contributed by atoms with Crippen LogP contribution in [0, 0.1) is 17.8 Å². The molecule has 8 atom stereocenters. The van der Waals surface area contributed by atoms with Crippen molar-refractivity contribution in [1.29, 1.82) is 0 Å². The van der Waals surface area contributed by atoms with Crippen molar-refractivity contribution in [3.05, 3.63) is 104 Å². The molecule has 3 saturated heterocycles. The molecule has 10 nitrogen and oxygen atoms in total. The number of nitrogens with zero attached hydrogens (tertiary/aromatic N) is 2. The van der Waals surface area contributed by atoms with E-state index in [4.69, 9.17) is 9.47 Å². The van der Waals surface area contributed by atoms with Crippen LogP contribution in [0.3, 0.4) is 0 Å². The van der Waals surface area contributed by atoms with Gasteiger partial charge < -0.3 is 29.7 Å². The number of aliphatic hydroxyl groups is 1. The monoisotopic (exact) mass is 707 g/mol. The molecule has 3 aromatic rings. The molecule has 0 saturated carbocycles. The Labute approximate surface area is 305 Å². The lowest BCUT2D eigenvalue weighted by Gasteiger charge is -2.41. The Kier molecular flexibility index (Phi) is 11.3. The van der Waals surface area contributed by atoms with Gasteiger partial charge in [-0.15, -0.1) is 13.2 Å². The predicted octanol–water partition coefficient (Wildman–Crippen LogP) is 5.51. The van der Waals surface area contributed by atoms with Crippen LogP contribution in [0.2, 0.25) is 0 Å². The normalized spacial score (nSPS) is 24.9. The number of fused-ring (bicyclic) bond motifs is 2. The van der Waals surface area contributed by atoms with Crippen molar-refractivity contribution in [3.63, 3.8) is 0 Å². The maximum absolute atomic E-state index is 15.1. The second-order valence-corrected chi connectivity index (χ2v) is 14.2. The molecule has 0 unspecified atom stereocenters. The van der Waals surface area contributed by atoms with E-state index in [2.05, 4.69) is 18.5 Å². The van der Waals surface area contributed by atoms with Crippen molar-refractivity contribution >= 4 is 40.2 Å². The Balaban J connectivity index is 1.36. The smallest absolute Gasteiger partial charge is 0.313 e. The Morgan fingerprint density at radius 2 is 1.81 bits per heavy atom. The summed E-state index contributed by atoms with van der Waals surface area (Å²) in [7, 11) is 0. The number of carbonyl (C=O) groups excluding carboxylic acids is 4. The number of esters is 1. The first-order chi connectivity index (χ1) is 25.2. The quantitative estimate of drug-likeness (QED) is 0.149. The number of rotatable bonds is 16. The summed E-state index contributed by atoms with van der Waals surface area (Å²) in [5.74, 6) is -3.69. The van der Waals surface area contributed by atoms with Crippen molar-refractivity contribution in [2.75, 3.05) is 24.6 Å². The molecule has 2 bridgehead atoms. The topological polar surface area (TPSA) is 125 Å². The van der Waals surface area contributed by atoms with E-state index >= 15 is 4.79 Å². The molecular formula is C42H49N3O7. The highest BCUT2D eigenvalue weighted by Crippen LogP contribution is 2.59. The predicted molar refractivity (Wildman–Crippen MR) is 199 cm³/mol.